The van der Waals surface area contributed by atoms with Crippen molar-refractivity contribution in [2.45, 2.75) is 45.3 Å². The standard InChI is InChI=1S/C10H16N2O3/c1-2-4-9-11-12(10(13)15-9)7-8-5-3-6-14-8/h8H,2-7H2,1H3/t8-/m0/s1. The molecule has 84 valence electrons. The molecule has 2 rings (SSSR count). The zero-order chi connectivity index (χ0) is 10.7. The molecule has 0 N–H and O–H groups in total. The van der Waals surface area contributed by atoms with Crippen LogP contribution in [0.3, 0.4) is 0 Å². The number of ether oxygens (including phenoxy) is 1. The Bertz CT molecular complexity index is 363. The lowest BCUT2D eigenvalue weighted by Gasteiger charge is -2.06. The molecular weight excluding hydrogens is 196 g/mol. The van der Waals surface area contributed by atoms with Gasteiger partial charge in [-0.3, -0.25) is 0 Å². The molecular formula is C10H16N2O3. The normalized spacial score (nSPS) is 21.0. The SMILES string of the molecule is CCCc1nn(C[C@@H]2CCCO2)c(=O)o1. The first-order chi connectivity index (χ1) is 7.29. The van der Waals surface area contributed by atoms with Gasteiger partial charge in [0, 0.05) is 13.0 Å². The summed E-state index contributed by atoms with van der Waals surface area (Å²) in [4.78, 5) is 11.4. The third kappa shape index (κ3) is 2.47. The Morgan fingerprint density at radius 1 is 1.60 bits per heavy atom. The number of aryl methyl sites for hydroxylation is 1. The fourth-order valence-electron chi connectivity index (χ4n) is 1.76. The van der Waals surface area contributed by atoms with Crippen LogP contribution in [-0.4, -0.2) is 22.5 Å². The molecule has 0 saturated carbocycles. The van der Waals surface area contributed by atoms with Crippen molar-refractivity contribution in [1.82, 2.24) is 9.78 Å². The van der Waals surface area contributed by atoms with Crippen LogP contribution in [0.4, 0.5) is 0 Å². The molecule has 1 aromatic rings. The summed E-state index contributed by atoms with van der Waals surface area (Å²) < 4.78 is 11.8. The number of nitrogens with zero attached hydrogens (tertiary/aromatic N) is 2. The van der Waals surface area contributed by atoms with Gasteiger partial charge in [0.25, 0.3) is 0 Å². The van der Waals surface area contributed by atoms with Gasteiger partial charge in [0.1, 0.15) is 0 Å². The second kappa shape index (κ2) is 4.61. The first-order valence-electron chi connectivity index (χ1n) is 5.48. The number of hydrogen-bond donors (Lipinski definition) is 0. The molecule has 0 aliphatic carbocycles. The van der Waals surface area contributed by atoms with E-state index in [1.54, 1.807) is 0 Å². The Morgan fingerprint density at radius 3 is 3.13 bits per heavy atom. The second-order valence-electron chi connectivity index (χ2n) is 3.83. The predicted octanol–water partition coefficient (Wildman–Crippen LogP) is 0.968. The van der Waals surface area contributed by atoms with Crippen LogP contribution in [0, 0.1) is 0 Å². The van der Waals surface area contributed by atoms with Crippen LogP contribution >= 0.6 is 0 Å². The summed E-state index contributed by atoms with van der Waals surface area (Å²) in [7, 11) is 0. The lowest BCUT2D eigenvalue weighted by atomic mass is 10.2. The monoisotopic (exact) mass is 212 g/mol. The fraction of sp³-hybridized carbons (Fsp3) is 0.800. The van der Waals surface area contributed by atoms with E-state index in [1.807, 2.05) is 6.92 Å². The van der Waals surface area contributed by atoms with Crippen molar-refractivity contribution in [3.8, 4) is 0 Å². The molecule has 0 amide bonds. The van der Waals surface area contributed by atoms with Crippen LogP contribution in [0.1, 0.15) is 32.1 Å². The lowest BCUT2D eigenvalue weighted by molar-refractivity contribution is 0.0922. The van der Waals surface area contributed by atoms with Gasteiger partial charge in [0.05, 0.1) is 12.6 Å². The summed E-state index contributed by atoms with van der Waals surface area (Å²) in [6.45, 7) is 3.34. The number of rotatable bonds is 4. The number of aromatic nitrogens is 2. The van der Waals surface area contributed by atoms with E-state index >= 15 is 0 Å². The number of hydrogen-bond acceptors (Lipinski definition) is 4. The van der Waals surface area contributed by atoms with E-state index in [1.165, 1.54) is 4.68 Å². The summed E-state index contributed by atoms with van der Waals surface area (Å²) in [5.74, 6) is 0.162. The molecule has 0 radical (unpaired) electrons. The quantitative estimate of drug-likeness (QED) is 0.746. The van der Waals surface area contributed by atoms with E-state index in [9.17, 15) is 4.79 Å². The lowest BCUT2D eigenvalue weighted by Crippen LogP contribution is -2.24. The molecule has 0 spiro atoms. The smallest absolute Gasteiger partial charge is 0.392 e. The Labute approximate surface area is 88.0 Å². The third-order valence-corrected chi connectivity index (χ3v) is 2.51. The average molecular weight is 212 g/mol. The van der Waals surface area contributed by atoms with Gasteiger partial charge in [-0.05, 0) is 19.3 Å². The Balaban J connectivity index is 2.03. The van der Waals surface area contributed by atoms with Crippen molar-refractivity contribution in [3.05, 3.63) is 16.4 Å². The maximum atomic E-state index is 11.4. The van der Waals surface area contributed by atoms with Crippen LogP contribution in [-0.2, 0) is 17.7 Å². The van der Waals surface area contributed by atoms with E-state index in [0.29, 0.717) is 18.9 Å². The molecule has 2 heterocycles. The Morgan fingerprint density at radius 2 is 2.47 bits per heavy atom. The molecule has 5 nitrogen and oxygen atoms in total. The van der Waals surface area contributed by atoms with E-state index < -0.39 is 0 Å². The van der Waals surface area contributed by atoms with E-state index in [2.05, 4.69) is 5.10 Å². The highest BCUT2D eigenvalue weighted by atomic mass is 16.5. The minimum absolute atomic E-state index is 0.127. The first kappa shape index (κ1) is 10.4. The van der Waals surface area contributed by atoms with Gasteiger partial charge in [0.15, 0.2) is 0 Å². The van der Waals surface area contributed by atoms with Crippen LogP contribution in [0.15, 0.2) is 9.21 Å². The summed E-state index contributed by atoms with van der Waals surface area (Å²) in [6.07, 6.45) is 3.84. The van der Waals surface area contributed by atoms with Crippen LogP contribution in [0.5, 0.6) is 0 Å². The van der Waals surface area contributed by atoms with Crippen molar-refractivity contribution in [2.75, 3.05) is 6.61 Å². The summed E-state index contributed by atoms with van der Waals surface area (Å²) in [6, 6.07) is 0. The van der Waals surface area contributed by atoms with E-state index in [-0.39, 0.29) is 11.9 Å². The Kier molecular flexibility index (Phi) is 3.20. The molecule has 5 heteroatoms. The third-order valence-electron chi connectivity index (χ3n) is 2.51. The van der Waals surface area contributed by atoms with Crippen LogP contribution in [0.2, 0.25) is 0 Å². The maximum Gasteiger partial charge on any atom is 0.437 e. The Hall–Kier alpha value is -1.10. The van der Waals surface area contributed by atoms with Crippen molar-refractivity contribution in [1.29, 1.82) is 0 Å². The van der Waals surface area contributed by atoms with Gasteiger partial charge in [-0.15, -0.1) is 5.10 Å². The van der Waals surface area contributed by atoms with Gasteiger partial charge < -0.3 is 9.15 Å². The van der Waals surface area contributed by atoms with Gasteiger partial charge in [0.2, 0.25) is 5.89 Å². The minimum atomic E-state index is -0.367. The first-order valence-corrected chi connectivity index (χ1v) is 5.48. The van der Waals surface area contributed by atoms with Gasteiger partial charge >= 0.3 is 5.76 Å². The molecule has 1 aliphatic rings. The molecule has 1 aromatic heterocycles. The molecule has 15 heavy (non-hydrogen) atoms. The zero-order valence-corrected chi connectivity index (χ0v) is 8.94. The maximum absolute atomic E-state index is 11.4. The fourth-order valence-corrected chi connectivity index (χ4v) is 1.76. The highest BCUT2D eigenvalue weighted by molar-refractivity contribution is 4.76. The minimum Gasteiger partial charge on any atom is -0.392 e. The molecule has 0 unspecified atom stereocenters. The second-order valence-corrected chi connectivity index (χ2v) is 3.83. The van der Waals surface area contributed by atoms with Crippen molar-refractivity contribution in [2.24, 2.45) is 0 Å². The largest absolute Gasteiger partial charge is 0.437 e. The molecule has 1 atom stereocenters. The van der Waals surface area contributed by atoms with Crippen molar-refractivity contribution in [3.63, 3.8) is 0 Å². The predicted molar refractivity (Wildman–Crippen MR) is 53.7 cm³/mol. The highest BCUT2D eigenvalue weighted by Gasteiger charge is 2.18. The molecule has 0 aromatic carbocycles. The molecule has 1 aliphatic heterocycles. The summed E-state index contributed by atoms with van der Waals surface area (Å²) in [5.41, 5.74) is 0. The van der Waals surface area contributed by atoms with Gasteiger partial charge in [-0.1, -0.05) is 6.92 Å². The van der Waals surface area contributed by atoms with Crippen molar-refractivity contribution < 1.29 is 9.15 Å². The van der Waals surface area contributed by atoms with E-state index in [4.69, 9.17) is 9.15 Å². The topological polar surface area (TPSA) is 57.3 Å². The average Bonchev–Trinajstić information content (AvgIpc) is 2.79. The van der Waals surface area contributed by atoms with Crippen LogP contribution in [0.25, 0.3) is 0 Å². The summed E-state index contributed by atoms with van der Waals surface area (Å²) in [5, 5.41) is 4.12. The molecule has 1 saturated heterocycles. The van der Waals surface area contributed by atoms with Gasteiger partial charge in [-0.25, -0.2) is 4.79 Å². The van der Waals surface area contributed by atoms with E-state index in [0.717, 1.165) is 25.9 Å². The highest BCUT2D eigenvalue weighted by Crippen LogP contribution is 2.12. The zero-order valence-electron chi connectivity index (χ0n) is 8.94. The van der Waals surface area contributed by atoms with Crippen LogP contribution < -0.4 is 5.76 Å². The van der Waals surface area contributed by atoms with Gasteiger partial charge in [-0.2, -0.15) is 4.68 Å². The molecule has 0 bridgehead atoms. The summed E-state index contributed by atoms with van der Waals surface area (Å²) >= 11 is 0. The van der Waals surface area contributed by atoms with Crippen molar-refractivity contribution >= 4 is 0 Å². The molecule has 1 fully saturated rings.